The first-order valence-corrected chi connectivity index (χ1v) is 6.32. The highest BCUT2D eigenvalue weighted by Crippen LogP contribution is 1.96. The molecule has 0 aliphatic carbocycles. The summed E-state index contributed by atoms with van der Waals surface area (Å²) in [4.78, 5) is 13.4. The van der Waals surface area contributed by atoms with Gasteiger partial charge in [0.2, 0.25) is 5.91 Å². The Morgan fingerprint density at radius 1 is 1.20 bits per heavy atom. The van der Waals surface area contributed by atoms with E-state index in [1.165, 1.54) is 0 Å². The second kappa shape index (κ2) is 10.3. The Balaban J connectivity index is 3.19. The van der Waals surface area contributed by atoms with Crippen molar-refractivity contribution in [2.75, 3.05) is 32.9 Å². The summed E-state index contributed by atoms with van der Waals surface area (Å²) in [6.45, 7) is 1.79. The first-order valence-electron chi connectivity index (χ1n) is 5.69. The molecule has 0 unspecified atom stereocenters. The number of nitrogens with one attached hydrogen (secondary N) is 1. The SMILES string of the molecule is CN(C)CCCC(=O)NCCCCCS. The molecule has 0 aromatic carbocycles. The number of nitrogens with zero attached hydrogens (tertiary/aromatic N) is 1. The minimum Gasteiger partial charge on any atom is -0.356 e. The van der Waals surface area contributed by atoms with Gasteiger partial charge in [-0.15, -0.1) is 0 Å². The maximum absolute atomic E-state index is 11.3. The fourth-order valence-electron chi connectivity index (χ4n) is 1.29. The number of carbonyl (C=O) groups is 1. The molecule has 0 aliphatic heterocycles. The monoisotopic (exact) mass is 232 g/mol. The zero-order valence-corrected chi connectivity index (χ0v) is 10.9. The van der Waals surface area contributed by atoms with Crippen LogP contribution in [0.3, 0.4) is 0 Å². The molecular weight excluding hydrogens is 208 g/mol. The van der Waals surface area contributed by atoms with Gasteiger partial charge in [-0.3, -0.25) is 4.79 Å². The van der Waals surface area contributed by atoms with E-state index < -0.39 is 0 Å². The zero-order valence-electron chi connectivity index (χ0n) is 9.96. The number of rotatable bonds is 9. The topological polar surface area (TPSA) is 32.3 Å². The van der Waals surface area contributed by atoms with E-state index in [0.29, 0.717) is 6.42 Å². The van der Waals surface area contributed by atoms with Crippen molar-refractivity contribution in [1.29, 1.82) is 0 Å². The molecule has 0 bridgehead atoms. The Morgan fingerprint density at radius 2 is 1.93 bits per heavy atom. The largest absolute Gasteiger partial charge is 0.356 e. The van der Waals surface area contributed by atoms with Crippen LogP contribution in [-0.4, -0.2) is 43.7 Å². The van der Waals surface area contributed by atoms with Gasteiger partial charge in [0.1, 0.15) is 0 Å². The Labute approximate surface area is 99.0 Å². The second-order valence-electron chi connectivity index (χ2n) is 4.04. The van der Waals surface area contributed by atoms with Gasteiger partial charge in [0, 0.05) is 13.0 Å². The predicted octanol–water partition coefficient (Wildman–Crippen LogP) is 1.54. The smallest absolute Gasteiger partial charge is 0.220 e. The lowest BCUT2D eigenvalue weighted by Crippen LogP contribution is -2.25. The molecule has 0 atom stereocenters. The van der Waals surface area contributed by atoms with Gasteiger partial charge >= 0.3 is 0 Å². The van der Waals surface area contributed by atoms with Crippen molar-refractivity contribution in [3.05, 3.63) is 0 Å². The second-order valence-corrected chi connectivity index (χ2v) is 4.49. The summed E-state index contributed by atoms with van der Waals surface area (Å²) >= 11 is 4.14. The van der Waals surface area contributed by atoms with Gasteiger partial charge in [-0.1, -0.05) is 6.42 Å². The number of amides is 1. The standard InChI is InChI=1S/C11H24N2OS/c1-13(2)9-6-7-11(14)12-8-4-3-5-10-15/h15H,3-10H2,1-2H3,(H,12,14). The highest BCUT2D eigenvalue weighted by atomic mass is 32.1. The van der Waals surface area contributed by atoms with Crippen LogP contribution in [0, 0.1) is 0 Å². The molecule has 0 spiro atoms. The summed E-state index contributed by atoms with van der Waals surface area (Å²) < 4.78 is 0. The zero-order chi connectivity index (χ0) is 11.5. The van der Waals surface area contributed by atoms with Gasteiger partial charge in [0.25, 0.3) is 0 Å². The normalized spacial score (nSPS) is 10.7. The van der Waals surface area contributed by atoms with Crippen molar-refractivity contribution in [2.24, 2.45) is 0 Å². The number of carbonyl (C=O) groups excluding carboxylic acids is 1. The molecule has 0 saturated heterocycles. The van der Waals surface area contributed by atoms with Gasteiger partial charge in [0.05, 0.1) is 0 Å². The van der Waals surface area contributed by atoms with Gasteiger partial charge in [-0.2, -0.15) is 12.6 Å². The van der Waals surface area contributed by atoms with Crippen LogP contribution in [-0.2, 0) is 4.79 Å². The van der Waals surface area contributed by atoms with Crippen molar-refractivity contribution in [3.8, 4) is 0 Å². The summed E-state index contributed by atoms with van der Waals surface area (Å²) in [5, 5.41) is 2.93. The summed E-state index contributed by atoms with van der Waals surface area (Å²) in [5.74, 6) is 1.12. The molecule has 15 heavy (non-hydrogen) atoms. The van der Waals surface area contributed by atoms with E-state index in [2.05, 4.69) is 22.8 Å². The molecule has 4 heteroatoms. The molecular formula is C11H24N2OS. The molecule has 1 N–H and O–H groups in total. The van der Waals surface area contributed by atoms with Crippen molar-refractivity contribution in [3.63, 3.8) is 0 Å². The molecule has 0 rings (SSSR count). The van der Waals surface area contributed by atoms with Crippen molar-refractivity contribution in [1.82, 2.24) is 10.2 Å². The Bertz CT molecular complexity index is 163. The number of thiol groups is 1. The third-order valence-corrected chi connectivity index (χ3v) is 2.48. The third-order valence-electron chi connectivity index (χ3n) is 2.17. The van der Waals surface area contributed by atoms with Crippen LogP contribution >= 0.6 is 12.6 Å². The summed E-state index contributed by atoms with van der Waals surface area (Å²) in [5.41, 5.74) is 0. The quantitative estimate of drug-likeness (QED) is 0.467. The van der Waals surface area contributed by atoms with Crippen LogP contribution in [0.1, 0.15) is 32.1 Å². The van der Waals surface area contributed by atoms with Crippen molar-refractivity contribution in [2.45, 2.75) is 32.1 Å². The van der Waals surface area contributed by atoms with Crippen molar-refractivity contribution < 1.29 is 4.79 Å². The van der Waals surface area contributed by atoms with Gasteiger partial charge in [-0.05, 0) is 45.7 Å². The first-order chi connectivity index (χ1) is 7.16. The minimum atomic E-state index is 0.183. The fraction of sp³-hybridized carbons (Fsp3) is 0.909. The van der Waals surface area contributed by atoms with Crippen LogP contribution in [0.15, 0.2) is 0 Å². The Kier molecular flexibility index (Phi) is 10.2. The number of hydrogen-bond acceptors (Lipinski definition) is 3. The molecule has 0 heterocycles. The van der Waals surface area contributed by atoms with Gasteiger partial charge in [-0.25, -0.2) is 0 Å². The molecule has 3 nitrogen and oxygen atoms in total. The van der Waals surface area contributed by atoms with Crippen LogP contribution in [0.2, 0.25) is 0 Å². The van der Waals surface area contributed by atoms with Crippen LogP contribution in [0.25, 0.3) is 0 Å². The van der Waals surface area contributed by atoms with E-state index in [9.17, 15) is 4.79 Å². The van der Waals surface area contributed by atoms with Crippen molar-refractivity contribution >= 4 is 18.5 Å². The van der Waals surface area contributed by atoms with Gasteiger partial charge < -0.3 is 10.2 Å². The first kappa shape index (κ1) is 14.8. The Hall–Kier alpha value is -0.220. The van der Waals surface area contributed by atoms with E-state index in [0.717, 1.165) is 44.5 Å². The Morgan fingerprint density at radius 3 is 2.53 bits per heavy atom. The minimum absolute atomic E-state index is 0.183. The van der Waals surface area contributed by atoms with E-state index in [1.807, 2.05) is 14.1 Å². The molecule has 0 saturated carbocycles. The van der Waals surface area contributed by atoms with Gasteiger partial charge in [0.15, 0.2) is 0 Å². The average molecular weight is 232 g/mol. The summed E-state index contributed by atoms with van der Waals surface area (Å²) in [6, 6.07) is 0. The molecule has 0 radical (unpaired) electrons. The lowest BCUT2D eigenvalue weighted by molar-refractivity contribution is -0.121. The molecule has 0 aromatic rings. The molecule has 0 aliphatic rings. The van der Waals surface area contributed by atoms with E-state index >= 15 is 0 Å². The maximum atomic E-state index is 11.3. The highest BCUT2D eigenvalue weighted by molar-refractivity contribution is 7.80. The average Bonchev–Trinajstić information content (AvgIpc) is 2.17. The number of hydrogen-bond donors (Lipinski definition) is 2. The molecule has 1 amide bonds. The number of unbranched alkanes of at least 4 members (excludes halogenated alkanes) is 2. The third kappa shape index (κ3) is 11.7. The summed E-state index contributed by atoms with van der Waals surface area (Å²) in [7, 11) is 4.05. The summed E-state index contributed by atoms with van der Waals surface area (Å²) in [6.07, 6.45) is 4.95. The lowest BCUT2D eigenvalue weighted by Gasteiger charge is -2.09. The lowest BCUT2D eigenvalue weighted by atomic mass is 10.2. The predicted molar refractivity (Wildman–Crippen MR) is 68.5 cm³/mol. The van der Waals surface area contributed by atoms with Crippen LogP contribution in [0.4, 0.5) is 0 Å². The molecule has 0 fully saturated rings. The van der Waals surface area contributed by atoms with Crippen LogP contribution < -0.4 is 5.32 Å². The highest BCUT2D eigenvalue weighted by Gasteiger charge is 2.00. The molecule has 90 valence electrons. The maximum Gasteiger partial charge on any atom is 0.220 e. The van der Waals surface area contributed by atoms with E-state index in [4.69, 9.17) is 0 Å². The fourth-order valence-corrected chi connectivity index (χ4v) is 1.51. The van der Waals surface area contributed by atoms with E-state index in [1.54, 1.807) is 0 Å². The van der Waals surface area contributed by atoms with E-state index in [-0.39, 0.29) is 5.91 Å². The molecule has 0 aromatic heterocycles. The van der Waals surface area contributed by atoms with Crippen LogP contribution in [0.5, 0.6) is 0 Å².